The minimum atomic E-state index is -0.0216. The van der Waals surface area contributed by atoms with Crippen LogP contribution in [0.25, 0.3) is 0 Å². The van der Waals surface area contributed by atoms with Gasteiger partial charge in [0.2, 0.25) is 0 Å². The second-order valence-electron chi connectivity index (χ2n) is 6.29. The van der Waals surface area contributed by atoms with Gasteiger partial charge in [0.05, 0.1) is 11.7 Å². The lowest BCUT2D eigenvalue weighted by atomic mass is 9.77. The molecule has 110 valence electrons. The van der Waals surface area contributed by atoms with Crippen molar-refractivity contribution in [1.29, 1.82) is 0 Å². The minimum absolute atomic E-state index is 0.000231. The number of halogens is 2. The van der Waals surface area contributed by atoms with Crippen molar-refractivity contribution in [3.63, 3.8) is 0 Å². The van der Waals surface area contributed by atoms with E-state index in [4.69, 9.17) is 27.9 Å². The second kappa shape index (κ2) is 5.84. The highest BCUT2D eigenvalue weighted by molar-refractivity contribution is 6.33. The van der Waals surface area contributed by atoms with Gasteiger partial charge in [0, 0.05) is 28.7 Å². The SMILES string of the molecule is CC1CCCC2(CNCC(c3cc(Cl)ccc3Cl)O2)C1. The molecule has 4 heteroatoms. The smallest absolute Gasteiger partial charge is 0.0972 e. The Balaban J connectivity index is 1.82. The standard InChI is InChI=1S/C16H21Cl2NO/c1-11-3-2-6-16(8-11)10-19-9-15(20-16)13-7-12(17)4-5-14(13)18/h4-5,7,11,15,19H,2-3,6,8-10H2,1H3. The van der Waals surface area contributed by atoms with Crippen LogP contribution < -0.4 is 5.32 Å². The molecule has 1 aliphatic carbocycles. The quantitative estimate of drug-likeness (QED) is 0.818. The summed E-state index contributed by atoms with van der Waals surface area (Å²) in [6.07, 6.45) is 4.83. The Morgan fingerprint density at radius 2 is 2.20 bits per heavy atom. The van der Waals surface area contributed by atoms with E-state index in [-0.39, 0.29) is 11.7 Å². The van der Waals surface area contributed by atoms with E-state index in [9.17, 15) is 0 Å². The van der Waals surface area contributed by atoms with Crippen molar-refractivity contribution in [3.8, 4) is 0 Å². The predicted octanol–water partition coefficient (Wildman–Crippen LogP) is 4.60. The lowest BCUT2D eigenvalue weighted by Crippen LogP contribution is -2.53. The summed E-state index contributed by atoms with van der Waals surface area (Å²) in [7, 11) is 0. The summed E-state index contributed by atoms with van der Waals surface area (Å²) in [6.45, 7) is 4.07. The fourth-order valence-corrected chi connectivity index (χ4v) is 4.05. The maximum atomic E-state index is 6.50. The van der Waals surface area contributed by atoms with Crippen molar-refractivity contribution in [3.05, 3.63) is 33.8 Å². The maximum absolute atomic E-state index is 6.50. The van der Waals surface area contributed by atoms with Gasteiger partial charge in [-0.1, -0.05) is 43.0 Å². The molecule has 0 bridgehead atoms. The van der Waals surface area contributed by atoms with Gasteiger partial charge >= 0.3 is 0 Å². The first kappa shape index (κ1) is 14.6. The van der Waals surface area contributed by atoms with Gasteiger partial charge in [-0.05, 0) is 37.0 Å². The van der Waals surface area contributed by atoms with Crippen molar-refractivity contribution in [1.82, 2.24) is 5.32 Å². The monoisotopic (exact) mass is 313 g/mol. The topological polar surface area (TPSA) is 21.3 Å². The zero-order valence-corrected chi connectivity index (χ0v) is 13.3. The van der Waals surface area contributed by atoms with E-state index in [1.807, 2.05) is 18.2 Å². The third-order valence-electron chi connectivity index (χ3n) is 4.52. The lowest BCUT2D eigenvalue weighted by Gasteiger charge is -2.46. The molecule has 0 aromatic heterocycles. The first-order valence-corrected chi connectivity index (χ1v) is 8.17. The number of morpholine rings is 1. The average molecular weight is 314 g/mol. The van der Waals surface area contributed by atoms with Crippen LogP contribution in [0.1, 0.15) is 44.3 Å². The molecule has 0 radical (unpaired) electrons. The van der Waals surface area contributed by atoms with E-state index >= 15 is 0 Å². The van der Waals surface area contributed by atoms with E-state index in [2.05, 4.69) is 12.2 Å². The number of hydrogen-bond acceptors (Lipinski definition) is 2. The highest BCUT2D eigenvalue weighted by atomic mass is 35.5. The van der Waals surface area contributed by atoms with Gasteiger partial charge in [0.1, 0.15) is 0 Å². The largest absolute Gasteiger partial charge is 0.364 e. The lowest BCUT2D eigenvalue weighted by molar-refractivity contribution is -0.143. The van der Waals surface area contributed by atoms with Crippen LogP contribution in [0.3, 0.4) is 0 Å². The number of rotatable bonds is 1. The Kier molecular flexibility index (Phi) is 4.28. The van der Waals surface area contributed by atoms with E-state index in [0.29, 0.717) is 5.02 Å². The third-order valence-corrected chi connectivity index (χ3v) is 5.10. The summed E-state index contributed by atoms with van der Waals surface area (Å²) >= 11 is 12.4. The molecular weight excluding hydrogens is 293 g/mol. The summed E-state index contributed by atoms with van der Waals surface area (Å²) in [6, 6.07) is 5.61. The maximum Gasteiger partial charge on any atom is 0.0972 e. The van der Waals surface area contributed by atoms with Crippen LogP contribution >= 0.6 is 23.2 Å². The van der Waals surface area contributed by atoms with Crippen molar-refractivity contribution in [2.24, 2.45) is 5.92 Å². The molecule has 3 atom stereocenters. The molecule has 2 fully saturated rings. The predicted molar refractivity (Wildman–Crippen MR) is 83.5 cm³/mol. The van der Waals surface area contributed by atoms with Gasteiger partial charge in [-0.15, -0.1) is 0 Å². The first-order chi connectivity index (χ1) is 9.58. The molecule has 1 N–H and O–H groups in total. The Bertz CT molecular complexity index is 489. The molecule has 1 aromatic rings. The summed E-state index contributed by atoms with van der Waals surface area (Å²) in [4.78, 5) is 0. The first-order valence-electron chi connectivity index (χ1n) is 7.41. The fraction of sp³-hybridized carbons (Fsp3) is 0.625. The highest BCUT2D eigenvalue weighted by Crippen LogP contribution is 2.41. The van der Waals surface area contributed by atoms with Crippen molar-refractivity contribution >= 4 is 23.2 Å². The van der Waals surface area contributed by atoms with Crippen molar-refractivity contribution in [2.75, 3.05) is 13.1 Å². The molecule has 2 nitrogen and oxygen atoms in total. The zero-order chi connectivity index (χ0) is 14.2. The van der Waals surface area contributed by atoms with Gasteiger partial charge in [0.25, 0.3) is 0 Å². The van der Waals surface area contributed by atoms with E-state index in [0.717, 1.165) is 42.4 Å². The van der Waals surface area contributed by atoms with Crippen LogP contribution in [0.4, 0.5) is 0 Å². The van der Waals surface area contributed by atoms with E-state index in [1.54, 1.807) is 0 Å². The normalized spacial score (nSPS) is 34.4. The zero-order valence-electron chi connectivity index (χ0n) is 11.8. The Morgan fingerprint density at radius 3 is 3.00 bits per heavy atom. The third kappa shape index (κ3) is 2.99. The Hall–Kier alpha value is -0.280. The van der Waals surface area contributed by atoms with Gasteiger partial charge in [-0.3, -0.25) is 0 Å². The van der Waals surface area contributed by atoms with Gasteiger partial charge < -0.3 is 10.1 Å². The van der Waals surface area contributed by atoms with Crippen LogP contribution in [-0.2, 0) is 4.74 Å². The summed E-state index contributed by atoms with van der Waals surface area (Å²) in [5, 5.41) is 4.99. The van der Waals surface area contributed by atoms with Crippen LogP contribution in [0.5, 0.6) is 0 Å². The number of benzene rings is 1. The molecule has 0 amide bonds. The number of hydrogen-bond donors (Lipinski definition) is 1. The molecule has 20 heavy (non-hydrogen) atoms. The van der Waals surface area contributed by atoms with Crippen LogP contribution in [0, 0.1) is 5.92 Å². The van der Waals surface area contributed by atoms with Gasteiger partial charge in [0.15, 0.2) is 0 Å². The number of ether oxygens (including phenoxy) is 1. The molecule has 2 aliphatic rings. The van der Waals surface area contributed by atoms with Crippen molar-refractivity contribution < 1.29 is 4.74 Å². The Morgan fingerprint density at radius 1 is 1.35 bits per heavy atom. The molecule has 1 aromatic carbocycles. The van der Waals surface area contributed by atoms with E-state index in [1.165, 1.54) is 12.8 Å². The Labute approximate surface area is 130 Å². The highest BCUT2D eigenvalue weighted by Gasteiger charge is 2.41. The van der Waals surface area contributed by atoms with Crippen LogP contribution in [-0.4, -0.2) is 18.7 Å². The average Bonchev–Trinajstić information content (AvgIpc) is 2.41. The molecule has 1 saturated heterocycles. The second-order valence-corrected chi connectivity index (χ2v) is 7.13. The molecule has 1 saturated carbocycles. The van der Waals surface area contributed by atoms with Gasteiger partial charge in [-0.25, -0.2) is 0 Å². The summed E-state index contributed by atoms with van der Waals surface area (Å²) in [5.41, 5.74) is 0.982. The molecule has 3 unspecified atom stereocenters. The van der Waals surface area contributed by atoms with Crippen LogP contribution in [0.15, 0.2) is 18.2 Å². The molecule has 1 spiro atoms. The molecular formula is C16H21Cl2NO. The molecule has 1 heterocycles. The minimum Gasteiger partial charge on any atom is -0.364 e. The van der Waals surface area contributed by atoms with Crippen molar-refractivity contribution in [2.45, 2.75) is 44.3 Å². The molecule has 1 aliphatic heterocycles. The fourth-order valence-electron chi connectivity index (χ4n) is 3.63. The van der Waals surface area contributed by atoms with Crippen LogP contribution in [0.2, 0.25) is 10.0 Å². The summed E-state index contributed by atoms with van der Waals surface area (Å²) < 4.78 is 6.50. The van der Waals surface area contributed by atoms with Gasteiger partial charge in [-0.2, -0.15) is 0 Å². The summed E-state index contributed by atoms with van der Waals surface area (Å²) in [5.74, 6) is 0.735. The number of nitrogens with one attached hydrogen (secondary N) is 1. The van der Waals surface area contributed by atoms with E-state index < -0.39 is 0 Å². The molecule has 3 rings (SSSR count).